The topological polar surface area (TPSA) is 84.9 Å². The lowest BCUT2D eigenvalue weighted by atomic mass is 10.3. The summed E-state index contributed by atoms with van der Waals surface area (Å²) in [5, 5.41) is 9.12. The van der Waals surface area contributed by atoms with Gasteiger partial charge in [-0.3, -0.25) is 0 Å². The fourth-order valence-electron chi connectivity index (χ4n) is 1.49. The highest BCUT2D eigenvalue weighted by Crippen LogP contribution is 2.13. The second-order valence-corrected chi connectivity index (χ2v) is 5.97. The molecule has 7 heteroatoms. The van der Waals surface area contributed by atoms with Crippen molar-refractivity contribution in [3.63, 3.8) is 0 Å². The van der Waals surface area contributed by atoms with Crippen molar-refractivity contribution in [3.8, 4) is 5.75 Å². The molecule has 0 fully saturated rings. The van der Waals surface area contributed by atoms with Crippen molar-refractivity contribution in [2.24, 2.45) is 0 Å². The van der Waals surface area contributed by atoms with E-state index >= 15 is 0 Å². The average Bonchev–Trinajstić information content (AvgIpc) is 2.42. The van der Waals surface area contributed by atoms with Gasteiger partial charge in [0.05, 0.1) is 18.1 Å². The normalized spacial score (nSPS) is 11.7. The Labute approximate surface area is 119 Å². The van der Waals surface area contributed by atoms with Crippen LogP contribution in [-0.4, -0.2) is 47.0 Å². The van der Waals surface area contributed by atoms with Crippen molar-refractivity contribution >= 4 is 10.0 Å². The highest BCUT2D eigenvalue weighted by atomic mass is 32.2. The van der Waals surface area contributed by atoms with Gasteiger partial charge in [-0.05, 0) is 37.1 Å². The van der Waals surface area contributed by atoms with Gasteiger partial charge in [0.2, 0.25) is 10.0 Å². The van der Waals surface area contributed by atoms with E-state index in [1.807, 2.05) is 0 Å². The van der Waals surface area contributed by atoms with Crippen LogP contribution in [0.1, 0.15) is 12.8 Å². The number of sulfonamides is 1. The molecule has 2 N–H and O–H groups in total. The summed E-state index contributed by atoms with van der Waals surface area (Å²) in [6.07, 6.45) is 1.48. The van der Waals surface area contributed by atoms with Crippen LogP contribution in [0.4, 0.5) is 0 Å². The van der Waals surface area contributed by atoms with Crippen molar-refractivity contribution in [3.05, 3.63) is 24.3 Å². The van der Waals surface area contributed by atoms with Gasteiger partial charge < -0.3 is 14.6 Å². The van der Waals surface area contributed by atoms with Gasteiger partial charge in [0, 0.05) is 20.3 Å². The molecule has 0 saturated carbocycles. The minimum absolute atomic E-state index is 0.0390. The molecule has 0 aliphatic heterocycles. The minimum Gasteiger partial charge on any atom is -0.508 e. The number of ether oxygens (including phenoxy) is 2. The monoisotopic (exact) mass is 303 g/mol. The number of hydrogen-bond donors (Lipinski definition) is 2. The van der Waals surface area contributed by atoms with Gasteiger partial charge in [-0.2, -0.15) is 0 Å². The molecule has 0 spiro atoms. The third-order valence-corrected chi connectivity index (χ3v) is 4.06. The Kier molecular flexibility index (Phi) is 7.53. The fraction of sp³-hybridized carbons (Fsp3) is 0.538. The summed E-state index contributed by atoms with van der Waals surface area (Å²) in [6.45, 7) is 2.06. The molecular formula is C13H21NO5S. The summed E-state index contributed by atoms with van der Waals surface area (Å²) < 4.78 is 36.4. The van der Waals surface area contributed by atoms with E-state index in [2.05, 4.69) is 4.72 Å². The zero-order valence-electron chi connectivity index (χ0n) is 11.5. The standard InChI is InChI=1S/C13H21NO5S/c1-18-10-11-19-9-3-2-8-14-20(16,17)13-6-4-12(15)5-7-13/h4-7,14-15H,2-3,8-11H2,1H3. The summed E-state index contributed by atoms with van der Waals surface area (Å²) in [7, 11) is -1.89. The van der Waals surface area contributed by atoms with Gasteiger partial charge in [0.25, 0.3) is 0 Å². The van der Waals surface area contributed by atoms with Crippen LogP contribution in [0.25, 0.3) is 0 Å². The highest BCUT2D eigenvalue weighted by molar-refractivity contribution is 7.89. The maximum absolute atomic E-state index is 11.9. The minimum atomic E-state index is -3.50. The maximum atomic E-state index is 11.9. The molecule has 6 nitrogen and oxygen atoms in total. The lowest BCUT2D eigenvalue weighted by Crippen LogP contribution is -2.25. The molecule has 0 aromatic heterocycles. The number of rotatable bonds is 10. The van der Waals surface area contributed by atoms with Gasteiger partial charge in [0.1, 0.15) is 5.75 Å². The van der Waals surface area contributed by atoms with Crippen LogP contribution in [-0.2, 0) is 19.5 Å². The first kappa shape index (κ1) is 16.9. The van der Waals surface area contributed by atoms with Crippen molar-refractivity contribution < 1.29 is 23.0 Å². The van der Waals surface area contributed by atoms with Gasteiger partial charge in [-0.1, -0.05) is 0 Å². The van der Waals surface area contributed by atoms with E-state index in [1.54, 1.807) is 7.11 Å². The molecule has 0 aliphatic carbocycles. The molecule has 0 heterocycles. The first-order valence-corrected chi connectivity index (χ1v) is 7.90. The number of methoxy groups -OCH3 is 1. The zero-order chi connectivity index (χ0) is 14.8. The summed E-state index contributed by atoms with van der Waals surface area (Å²) in [5.74, 6) is 0.0390. The van der Waals surface area contributed by atoms with Gasteiger partial charge >= 0.3 is 0 Å². The van der Waals surface area contributed by atoms with E-state index in [9.17, 15) is 8.42 Å². The lowest BCUT2D eigenvalue weighted by molar-refractivity contribution is 0.0689. The van der Waals surface area contributed by atoms with Gasteiger partial charge in [-0.15, -0.1) is 0 Å². The molecule has 20 heavy (non-hydrogen) atoms. The third kappa shape index (κ3) is 6.33. The van der Waals surface area contributed by atoms with E-state index in [0.29, 0.717) is 32.8 Å². The van der Waals surface area contributed by atoms with Crippen LogP contribution in [0, 0.1) is 0 Å². The molecule has 0 bridgehead atoms. The smallest absolute Gasteiger partial charge is 0.240 e. The Bertz CT molecular complexity index is 472. The fourth-order valence-corrected chi connectivity index (χ4v) is 2.56. The molecule has 0 radical (unpaired) electrons. The van der Waals surface area contributed by atoms with Gasteiger partial charge in [0.15, 0.2) is 0 Å². The average molecular weight is 303 g/mol. The number of hydrogen-bond acceptors (Lipinski definition) is 5. The molecular weight excluding hydrogens is 282 g/mol. The Morgan fingerprint density at radius 3 is 2.45 bits per heavy atom. The maximum Gasteiger partial charge on any atom is 0.240 e. The molecule has 1 aromatic rings. The van der Waals surface area contributed by atoms with Crippen molar-refractivity contribution in [1.29, 1.82) is 0 Å². The van der Waals surface area contributed by atoms with Crippen LogP contribution < -0.4 is 4.72 Å². The first-order chi connectivity index (χ1) is 9.56. The van der Waals surface area contributed by atoms with E-state index in [0.717, 1.165) is 6.42 Å². The number of nitrogens with one attached hydrogen (secondary N) is 1. The predicted octanol–water partition coefficient (Wildman–Crippen LogP) is 1.11. The van der Waals surface area contributed by atoms with Crippen LogP contribution in [0.5, 0.6) is 5.75 Å². The van der Waals surface area contributed by atoms with Crippen LogP contribution in [0.3, 0.4) is 0 Å². The number of phenolic OH excluding ortho intramolecular Hbond substituents is 1. The van der Waals surface area contributed by atoms with E-state index in [1.165, 1.54) is 24.3 Å². The summed E-state index contributed by atoms with van der Waals surface area (Å²) in [4.78, 5) is 0.145. The Balaban J connectivity index is 2.22. The largest absolute Gasteiger partial charge is 0.508 e. The van der Waals surface area contributed by atoms with Crippen LogP contribution in [0.2, 0.25) is 0 Å². The molecule has 1 rings (SSSR count). The summed E-state index contributed by atoms with van der Waals surface area (Å²) >= 11 is 0. The highest BCUT2D eigenvalue weighted by Gasteiger charge is 2.12. The SMILES string of the molecule is COCCOCCCCNS(=O)(=O)c1ccc(O)cc1. The Morgan fingerprint density at radius 1 is 1.10 bits per heavy atom. The van der Waals surface area contributed by atoms with E-state index in [-0.39, 0.29) is 10.6 Å². The summed E-state index contributed by atoms with van der Waals surface area (Å²) in [6, 6.07) is 5.42. The first-order valence-electron chi connectivity index (χ1n) is 6.41. The van der Waals surface area contributed by atoms with Gasteiger partial charge in [-0.25, -0.2) is 13.1 Å². The van der Waals surface area contributed by atoms with Crippen molar-refractivity contribution in [2.45, 2.75) is 17.7 Å². The van der Waals surface area contributed by atoms with Crippen molar-refractivity contribution in [1.82, 2.24) is 4.72 Å². The molecule has 0 unspecified atom stereocenters. The predicted molar refractivity (Wildman–Crippen MR) is 75.2 cm³/mol. The van der Waals surface area contributed by atoms with Crippen LogP contribution in [0.15, 0.2) is 29.2 Å². The molecule has 0 amide bonds. The van der Waals surface area contributed by atoms with E-state index < -0.39 is 10.0 Å². The Hall–Kier alpha value is -1.15. The number of unbranched alkanes of at least 4 members (excludes halogenated alkanes) is 1. The second-order valence-electron chi connectivity index (χ2n) is 4.20. The molecule has 0 aliphatic rings. The zero-order valence-corrected chi connectivity index (χ0v) is 12.4. The molecule has 114 valence electrons. The number of benzene rings is 1. The molecule has 0 atom stereocenters. The van der Waals surface area contributed by atoms with Crippen molar-refractivity contribution in [2.75, 3.05) is 33.5 Å². The van der Waals surface area contributed by atoms with Crippen LogP contribution >= 0.6 is 0 Å². The van der Waals surface area contributed by atoms with E-state index in [4.69, 9.17) is 14.6 Å². The quantitative estimate of drug-likeness (QED) is 0.633. The number of aromatic hydroxyl groups is 1. The lowest BCUT2D eigenvalue weighted by Gasteiger charge is -2.07. The Morgan fingerprint density at radius 2 is 1.80 bits per heavy atom. The summed E-state index contributed by atoms with van der Waals surface area (Å²) in [5.41, 5.74) is 0. The number of phenols is 1. The second kappa shape index (κ2) is 8.91. The molecule has 0 saturated heterocycles. The molecule has 1 aromatic carbocycles. The third-order valence-electron chi connectivity index (χ3n) is 2.59.